The maximum absolute atomic E-state index is 11.5. The summed E-state index contributed by atoms with van der Waals surface area (Å²) in [7, 11) is -2.79. The first-order valence-electron chi connectivity index (χ1n) is 7.12. The van der Waals surface area contributed by atoms with E-state index in [-0.39, 0.29) is 30.9 Å². The van der Waals surface area contributed by atoms with Crippen LogP contribution in [0, 0.1) is 0 Å². The fraction of sp³-hybridized carbons (Fsp3) is 0.846. The molecule has 1 aliphatic rings. The Morgan fingerprint density at radius 1 is 1.20 bits per heavy atom. The fourth-order valence-corrected chi connectivity index (χ4v) is 3.91. The van der Waals surface area contributed by atoms with Gasteiger partial charge in [-0.15, -0.1) is 0 Å². The zero-order valence-corrected chi connectivity index (χ0v) is 13.5. The van der Waals surface area contributed by atoms with E-state index in [9.17, 15) is 9.59 Å². The predicted molar refractivity (Wildman–Crippen MR) is 74.4 cm³/mol. The van der Waals surface area contributed by atoms with Crippen LogP contribution in [0.5, 0.6) is 0 Å². The van der Waals surface area contributed by atoms with Gasteiger partial charge in [0.25, 0.3) is 11.9 Å². The lowest BCUT2D eigenvalue weighted by molar-refractivity contribution is -0.141. The van der Waals surface area contributed by atoms with E-state index in [0.717, 1.165) is 6.61 Å². The zero-order valence-electron chi connectivity index (χ0n) is 12.5. The third-order valence-corrected chi connectivity index (χ3v) is 5.44. The van der Waals surface area contributed by atoms with Gasteiger partial charge in [-0.2, -0.15) is 0 Å². The van der Waals surface area contributed by atoms with Crippen LogP contribution < -0.4 is 0 Å². The average Bonchev–Trinajstić information content (AvgIpc) is 3.21. The summed E-state index contributed by atoms with van der Waals surface area (Å²) < 4.78 is 21.2. The van der Waals surface area contributed by atoms with E-state index in [1.807, 2.05) is 0 Å². The van der Waals surface area contributed by atoms with Crippen molar-refractivity contribution in [1.82, 2.24) is 0 Å². The van der Waals surface area contributed by atoms with Crippen LogP contribution >= 0.6 is 0 Å². The molecule has 0 aromatic rings. The van der Waals surface area contributed by atoms with Crippen LogP contribution in [0.1, 0.15) is 33.1 Å². The number of carbonyl (C=O) groups is 2. The Hall–Kier alpha value is -0.923. The Balaban J connectivity index is 2.34. The summed E-state index contributed by atoms with van der Waals surface area (Å²) in [5.41, 5.74) is 0. The summed E-state index contributed by atoms with van der Waals surface area (Å²) in [5.74, 6) is -0.647. The maximum Gasteiger partial charge on any atom is 0.461 e. The molecule has 0 spiro atoms. The van der Waals surface area contributed by atoms with Crippen LogP contribution in [-0.2, 0) is 27.9 Å². The molecule has 1 saturated heterocycles. The third kappa shape index (κ3) is 7.02. The van der Waals surface area contributed by atoms with Crippen molar-refractivity contribution in [1.29, 1.82) is 0 Å². The molecule has 1 fully saturated rings. The van der Waals surface area contributed by atoms with Gasteiger partial charge >= 0.3 is 8.56 Å². The summed E-state index contributed by atoms with van der Waals surface area (Å²) >= 11 is 0. The minimum atomic E-state index is -2.79. The van der Waals surface area contributed by atoms with Crippen molar-refractivity contribution in [2.24, 2.45) is 0 Å². The Kier molecular flexibility index (Phi) is 7.18. The minimum Gasteiger partial charge on any atom is -0.485 e. The molecule has 1 unspecified atom stereocenters. The van der Waals surface area contributed by atoms with Gasteiger partial charge in [-0.05, 0) is 6.42 Å². The molecular formula is C13H24O6Si. The van der Waals surface area contributed by atoms with Crippen molar-refractivity contribution < 1.29 is 27.9 Å². The molecule has 0 aromatic heterocycles. The molecule has 1 atom stereocenters. The van der Waals surface area contributed by atoms with Crippen molar-refractivity contribution in [3.05, 3.63) is 0 Å². The molecule has 1 aliphatic heterocycles. The quantitative estimate of drug-likeness (QED) is 0.348. The molecule has 0 aliphatic carbocycles. The standard InChI is InChI=1S/C13H24O6Si/c1-4-12(14)18-20(3,19-13(15)5-2)8-6-7-16-9-11-10-17-11/h11H,4-10H2,1-3H3. The van der Waals surface area contributed by atoms with Crippen molar-refractivity contribution in [3.8, 4) is 0 Å². The van der Waals surface area contributed by atoms with Gasteiger partial charge in [-0.1, -0.05) is 13.8 Å². The highest BCUT2D eigenvalue weighted by molar-refractivity contribution is 6.69. The number of carbonyl (C=O) groups excluding carboxylic acids is 2. The Labute approximate surface area is 121 Å². The van der Waals surface area contributed by atoms with Gasteiger partial charge in [0.05, 0.1) is 13.2 Å². The first-order chi connectivity index (χ1) is 9.49. The molecule has 0 radical (unpaired) electrons. The molecule has 6 nitrogen and oxygen atoms in total. The number of epoxide rings is 1. The van der Waals surface area contributed by atoms with Crippen molar-refractivity contribution >= 4 is 20.5 Å². The summed E-state index contributed by atoms with van der Waals surface area (Å²) in [6, 6.07) is 0.552. The molecule has 0 aromatic carbocycles. The number of hydrogen-bond acceptors (Lipinski definition) is 6. The molecule has 0 amide bonds. The highest BCUT2D eigenvalue weighted by Gasteiger charge is 2.38. The lowest BCUT2D eigenvalue weighted by atomic mass is 10.5. The van der Waals surface area contributed by atoms with Crippen LogP contribution in [0.15, 0.2) is 0 Å². The van der Waals surface area contributed by atoms with Gasteiger partial charge in [0, 0.05) is 32.0 Å². The van der Waals surface area contributed by atoms with Gasteiger partial charge in [0.2, 0.25) is 0 Å². The SMILES string of the molecule is CCC(=O)O[Si](C)(CCCOCC1CO1)OC(=O)CC. The van der Waals surface area contributed by atoms with Gasteiger partial charge in [-0.3, -0.25) is 9.59 Å². The van der Waals surface area contributed by atoms with E-state index in [4.69, 9.17) is 18.3 Å². The summed E-state index contributed by atoms with van der Waals surface area (Å²) in [6.07, 6.45) is 1.50. The minimum absolute atomic E-state index is 0.245. The van der Waals surface area contributed by atoms with E-state index in [1.54, 1.807) is 20.4 Å². The fourth-order valence-electron chi connectivity index (χ4n) is 1.62. The van der Waals surface area contributed by atoms with Crippen molar-refractivity contribution in [2.45, 2.75) is 51.8 Å². The first kappa shape index (κ1) is 17.1. The first-order valence-corrected chi connectivity index (χ1v) is 9.64. The number of rotatable bonds is 10. The lowest BCUT2D eigenvalue weighted by Crippen LogP contribution is -2.42. The van der Waals surface area contributed by atoms with E-state index in [2.05, 4.69) is 0 Å². The maximum atomic E-state index is 11.5. The highest BCUT2D eigenvalue weighted by Crippen LogP contribution is 2.18. The van der Waals surface area contributed by atoms with Gasteiger partial charge in [0.15, 0.2) is 0 Å². The molecule has 0 saturated carbocycles. The predicted octanol–water partition coefficient (Wildman–Crippen LogP) is 1.77. The average molecular weight is 304 g/mol. The van der Waals surface area contributed by atoms with Crippen LogP contribution in [0.25, 0.3) is 0 Å². The van der Waals surface area contributed by atoms with Gasteiger partial charge < -0.3 is 18.3 Å². The molecule has 116 valence electrons. The third-order valence-electron chi connectivity index (χ3n) is 2.86. The molecule has 7 heteroatoms. The second kappa shape index (κ2) is 8.38. The molecule has 1 rings (SSSR count). The Morgan fingerprint density at radius 3 is 2.20 bits per heavy atom. The molecule has 0 N–H and O–H groups in total. The Bertz CT molecular complexity index is 311. The molecule has 20 heavy (non-hydrogen) atoms. The highest BCUT2D eigenvalue weighted by atomic mass is 28.4. The van der Waals surface area contributed by atoms with E-state index in [1.165, 1.54) is 0 Å². The van der Waals surface area contributed by atoms with Gasteiger partial charge in [0.1, 0.15) is 6.10 Å². The molecule has 1 heterocycles. The van der Waals surface area contributed by atoms with Gasteiger partial charge in [-0.25, -0.2) is 0 Å². The number of ether oxygens (including phenoxy) is 2. The van der Waals surface area contributed by atoms with Crippen LogP contribution in [-0.4, -0.2) is 46.4 Å². The largest absolute Gasteiger partial charge is 0.485 e. The van der Waals surface area contributed by atoms with Crippen LogP contribution in [0.2, 0.25) is 12.6 Å². The normalized spacial score (nSPS) is 17.6. The Morgan fingerprint density at radius 2 is 1.75 bits per heavy atom. The van der Waals surface area contributed by atoms with Crippen molar-refractivity contribution in [2.75, 3.05) is 19.8 Å². The van der Waals surface area contributed by atoms with E-state index >= 15 is 0 Å². The monoisotopic (exact) mass is 304 g/mol. The number of hydrogen-bond donors (Lipinski definition) is 0. The molecular weight excluding hydrogens is 280 g/mol. The zero-order chi connectivity index (χ0) is 15.0. The topological polar surface area (TPSA) is 74.4 Å². The van der Waals surface area contributed by atoms with Crippen LogP contribution in [0.4, 0.5) is 0 Å². The second-order valence-electron chi connectivity index (χ2n) is 4.92. The van der Waals surface area contributed by atoms with Crippen LogP contribution in [0.3, 0.4) is 0 Å². The lowest BCUT2D eigenvalue weighted by Gasteiger charge is -2.25. The smallest absolute Gasteiger partial charge is 0.461 e. The summed E-state index contributed by atoms with van der Waals surface area (Å²) in [5, 5.41) is 0. The van der Waals surface area contributed by atoms with Crippen molar-refractivity contribution in [3.63, 3.8) is 0 Å². The second-order valence-corrected chi connectivity index (χ2v) is 8.10. The van der Waals surface area contributed by atoms with E-state index in [0.29, 0.717) is 25.7 Å². The molecule has 0 bridgehead atoms. The summed E-state index contributed by atoms with van der Waals surface area (Å²) in [4.78, 5) is 22.9. The van der Waals surface area contributed by atoms with E-state index < -0.39 is 8.56 Å². The summed E-state index contributed by atoms with van der Waals surface area (Å²) in [6.45, 7) is 7.11.